The zero-order valence-electron chi connectivity index (χ0n) is 14.6. The molecule has 136 valence electrons. The van der Waals surface area contributed by atoms with Crippen molar-refractivity contribution in [3.8, 4) is 11.5 Å². The Balaban J connectivity index is 1.47. The highest BCUT2D eigenvalue weighted by Gasteiger charge is 2.12. The molecule has 0 saturated carbocycles. The zero-order chi connectivity index (χ0) is 19.1. The van der Waals surface area contributed by atoms with Crippen molar-refractivity contribution in [1.82, 2.24) is 10.2 Å². The zero-order valence-corrected chi connectivity index (χ0v) is 14.6. The van der Waals surface area contributed by atoms with Gasteiger partial charge in [0.1, 0.15) is 0 Å². The Morgan fingerprint density at radius 1 is 1.07 bits per heavy atom. The summed E-state index contributed by atoms with van der Waals surface area (Å²) in [4.78, 5) is 23.5. The van der Waals surface area contributed by atoms with Crippen molar-refractivity contribution >= 4 is 24.0 Å². The number of rotatable bonds is 6. The van der Waals surface area contributed by atoms with Gasteiger partial charge in [0.15, 0.2) is 6.61 Å². The molecule has 0 fully saturated rings. The van der Waals surface area contributed by atoms with Crippen molar-refractivity contribution in [2.75, 3.05) is 11.9 Å². The molecule has 7 nitrogen and oxygen atoms in total. The van der Waals surface area contributed by atoms with Gasteiger partial charge in [-0.25, -0.2) is 4.79 Å². The summed E-state index contributed by atoms with van der Waals surface area (Å²) in [6.45, 7) is 1.52. The molecule has 0 aliphatic rings. The monoisotopic (exact) mass is 363 g/mol. The van der Waals surface area contributed by atoms with Gasteiger partial charge in [-0.15, -0.1) is 5.10 Å². The average Bonchev–Trinajstić information content (AvgIpc) is 3.15. The Hall–Kier alpha value is -3.74. The van der Waals surface area contributed by atoms with Crippen molar-refractivity contribution in [1.29, 1.82) is 0 Å². The lowest BCUT2D eigenvalue weighted by molar-refractivity contribution is -0.142. The lowest BCUT2D eigenvalue weighted by atomic mass is 10.1. The highest BCUT2D eigenvalue weighted by molar-refractivity contribution is 5.93. The number of nitrogens with zero attached hydrogens (tertiary/aromatic N) is 2. The number of carbonyl (C=O) groups excluding carboxylic acids is 2. The van der Waals surface area contributed by atoms with Gasteiger partial charge in [0, 0.05) is 11.6 Å². The van der Waals surface area contributed by atoms with Gasteiger partial charge in [-0.05, 0) is 30.7 Å². The Kier molecular flexibility index (Phi) is 5.73. The van der Waals surface area contributed by atoms with Crippen LogP contribution in [0.2, 0.25) is 0 Å². The molecule has 7 heteroatoms. The van der Waals surface area contributed by atoms with Gasteiger partial charge >= 0.3 is 12.0 Å². The smallest absolute Gasteiger partial charge is 0.331 e. The Labute approximate surface area is 155 Å². The third kappa shape index (κ3) is 5.37. The normalized spacial score (nSPS) is 10.7. The van der Waals surface area contributed by atoms with Crippen molar-refractivity contribution in [2.24, 2.45) is 0 Å². The Bertz CT molecular complexity index is 947. The number of aromatic nitrogens is 2. The Morgan fingerprint density at radius 2 is 1.81 bits per heavy atom. The van der Waals surface area contributed by atoms with Crippen molar-refractivity contribution in [2.45, 2.75) is 6.92 Å². The number of aryl methyl sites for hydroxylation is 1. The Morgan fingerprint density at radius 3 is 2.56 bits per heavy atom. The molecule has 0 saturated heterocycles. The van der Waals surface area contributed by atoms with E-state index in [9.17, 15) is 9.59 Å². The standard InChI is InChI=1S/C20H17N3O4/c1-14-7-9-15(10-8-14)11-12-18(25)26-13-17(24)21-20-23-22-19(27-20)16-5-3-2-4-6-16/h2-12H,13H2,1H3,(H,21,23,24)/b12-11+. The number of ether oxygens (including phenoxy) is 1. The van der Waals surface area contributed by atoms with Crippen LogP contribution < -0.4 is 5.32 Å². The first-order chi connectivity index (χ1) is 13.1. The van der Waals surface area contributed by atoms with E-state index in [1.54, 1.807) is 18.2 Å². The van der Waals surface area contributed by atoms with Crippen LogP contribution in [0.1, 0.15) is 11.1 Å². The van der Waals surface area contributed by atoms with E-state index < -0.39 is 18.5 Å². The summed E-state index contributed by atoms with van der Waals surface area (Å²) in [5.41, 5.74) is 2.72. The molecule has 0 atom stereocenters. The molecule has 0 unspecified atom stereocenters. The van der Waals surface area contributed by atoms with E-state index in [1.165, 1.54) is 6.08 Å². The minimum absolute atomic E-state index is 0.0647. The second-order valence-corrected chi connectivity index (χ2v) is 5.68. The molecule has 1 aromatic heterocycles. The number of hydrogen-bond donors (Lipinski definition) is 1. The van der Waals surface area contributed by atoms with Gasteiger partial charge < -0.3 is 9.15 Å². The summed E-state index contributed by atoms with van der Waals surface area (Å²) >= 11 is 0. The van der Waals surface area contributed by atoms with Crippen LogP contribution in [0.15, 0.2) is 65.1 Å². The third-order valence-corrected chi connectivity index (χ3v) is 3.53. The van der Waals surface area contributed by atoms with E-state index in [2.05, 4.69) is 15.5 Å². The quantitative estimate of drug-likeness (QED) is 0.534. The molecule has 0 aliphatic heterocycles. The van der Waals surface area contributed by atoms with Crippen molar-refractivity contribution < 1.29 is 18.7 Å². The number of benzene rings is 2. The first-order valence-corrected chi connectivity index (χ1v) is 8.20. The summed E-state index contributed by atoms with van der Waals surface area (Å²) in [5, 5.41) is 9.98. The first kappa shape index (κ1) is 18.1. The SMILES string of the molecule is Cc1ccc(/C=C/C(=O)OCC(=O)Nc2nnc(-c3ccccc3)o2)cc1. The lowest BCUT2D eigenvalue weighted by Crippen LogP contribution is -2.20. The van der Waals surface area contributed by atoms with Crippen LogP contribution in [0.3, 0.4) is 0 Å². The van der Waals surface area contributed by atoms with E-state index in [4.69, 9.17) is 9.15 Å². The van der Waals surface area contributed by atoms with Gasteiger partial charge in [0.2, 0.25) is 5.89 Å². The molecule has 0 bridgehead atoms. The number of amides is 1. The number of esters is 1. The second kappa shape index (κ2) is 8.57. The van der Waals surface area contributed by atoms with Crippen LogP contribution in [-0.4, -0.2) is 28.7 Å². The van der Waals surface area contributed by atoms with E-state index >= 15 is 0 Å². The molecular formula is C20H17N3O4. The summed E-state index contributed by atoms with van der Waals surface area (Å²) in [7, 11) is 0. The first-order valence-electron chi connectivity index (χ1n) is 8.20. The van der Waals surface area contributed by atoms with Gasteiger partial charge in [-0.1, -0.05) is 53.1 Å². The highest BCUT2D eigenvalue weighted by Crippen LogP contribution is 2.18. The molecule has 3 rings (SSSR count). The maximum absolute atomic E-state index is 11.8. The minimum Gasteiger partial charge on any atom is -0.452 e. The molecular weight excluding hydrogens is 346 g/mol. The van der Waals surface area contributed by atoms with Crippen LogP contribution in [0.5, 0.6) is 0 Å². The average molecular weight is 363 g/mol. The molecule has 1 heterocycles. The van der Waals surface area contributed by atoms with Crippen LogP contribution in [0.4, 0.5) is 6.01 Å². The second-order valence-electron chi connectivity index (χ2n) is 5.68. The maximum atomic E-state index is 11.8. The number of hydrogen-bond acceptors (Lipinski definition) is 6. The largest absolute Gasteiger partial charge is 0.452 e. The molecule has 1 amide bonds. The maximum Gasteiger partial charge on any atom is 0.331 e. The van der Waals surface area contributed by atoms with Crippen molar-refractivity contribution in [3.63, 3.8) is 0 Å². The molecule has 1 N–H and O–H groups in total. The molecule has 0 radical (unpaired) electrons. The van der Waals surface area contributed by atoms with Gasteiger partial charge in [-0.3, -0.25) is 10.1 Å². The van der Waals surface area contributed by atoms with Gasteiger partial charge in [0.25, 0.3) is 5.91 Å². The van der Waals surface area contributed by atoms with E-state index in [1.807, 2.05) is 49.4 Å². The third-order valence-electron chi connectivity index (χ3n) is 3.53. The lowest BCUT2D eigenvalue weighted by Gasteiger charge is -2.01. The van der Waals surface area contributed by atoms with Gasteiger partial charge in [-0.2, -0.15) is 0 Å². The van der Waals surface area contributed by atoms with Crippen molar-refractivity contribution in [3.05, 3.63) is 71.8 Å². The minimum atomic E-state index is -0.624. The fourth-order valence-electron chi connectivity index (χ4n) is 2.15. The van der Waals surface area contributed by atoms with E-state index in [0.717, 1.165) is 16.7 Å². The van der Waals surface area contributed by atoms with Crippen LogP contribution in [0, 0.1) is 6.92 Å². The van der Waals surface area contributed by atoms with Gasteiger partial charge in [0.05, 0.1) is 0 Å². The highest BCUT2D eigenvalue weighted by atomic mass is 16.5. The predicted molar refractivity (Wildman–Crippen MR) is 99.5 cm³/mol. The molecule has 0 spiro atoms. The van der Waals surface area contributed by atoms with Crippen LogP contribution in [0.25, 0.3) is 17.5 Å². The number of anilines is 1. The summed E-state index contributed by atoms with van der Waals surface area (Å²) < 4.78 is 10.2. The molecule has 27 heavy (non-hydrogen) atoms. The summed E-state index contributed by atoms with van der Waals surface area (Å²) in [6.07, 6.45) is 2.88. The number of nitrogens with one attached hydrogen (secondary N) is 1. The molecule has 3 aromatic rings. The van der Waals surface area contributed by atoms with E-state index in [-0.39, 0.29) is 11.9 Å². The summed E-state index contributed by atoms with van der Waals surface area (Å²) in [6, 6.07) is 16.7. The van der Waals surface area contributed by atoms with Crippen LogP contribution >= 0.6 is 0 Å². The summed E-state index contributed by atoms with van der Waals surface area (Å²) in [5.74, 6) is -0.916. The fourth-order valence-corrected chi connectivity index (χ4v) is 2.15. The predicted octanol–water partition coefficient (Wildman–Crippen LogP) is 3.24. The molecule has 0 aliphatic carbocycles. The number of carbonyl (C=O) groups is 2. The van der Waals surface area contributed by atoms with Crippen LogP contribution in [-0.2, 0) is 14.3 Å². The topological polar surface area (TPSA) is 94.3 Å². The molecule has 2 aromatic carbocycles. The van der Waals surface area contributed by atoms with E-state index in [0.29, 0.717) is 0 Å². The fraction of sp³-hybridized carbons (Fsp3) is 0.100.